The van der Waals surface area contributed by atoms with Gasteiger partial charge in [-0.2, -0.15) is 5.10 Å². The maximum atomic E-state index is 5.88. The van der Waals surface area contributed by atoms with E-state index in [1.54, 1.807) is 0 Å². The second-order valence-corrected chi connectivity index (χ2v) is 3.97. The van der Waals surface area contributed by atoms with Crippen LogP contribution in [0.4, 0.5) is 0 Å². The first-order valence-electron chi connectivity index (χ1n) is 5.35. The number of rotatable bonds is 5. The Morgan fingerprint density at radius 2 is 2.21 bits per heavy atom. The van der Waals surface area contributed by atoms with E-state index in [0.29, 0.717) is 11.9 Å². The van der Waals surface area contributed by atoms with Crippen molar-refractivity contribution >= 4 is 11.6 Å². The van der Waals surface area contributed by atoms with E-state index in [2.05, 4.69) is 30.6 Å². The van der Waals surface area contributed by atoms with Crippen molar-refractivity contribution in [2.45, 2.75) is 52.0 Å². The quantitative estimate of drug-likeness (QED) is 0.686. The Kier molecular flexibility index (Phi) is 4.46. The van der Waals surface area contributed by atoms with Gasteiger partial charge >= 0.3 is 0 Å². The van der Waals surface area contributed by atoms with Crippen LogP contribution in [0.1, 0.15) is 50.9 Å². The highest BCUT2D eigenvalue weighted by atomic mass is 35.5. The molecule has 80 valence electrons. The minimum Gasteiger partial charge on any atom is -0.267 e. The summed E-state index contributed by atoms with van der Waals surface area (Å²) in [6.07, 6.45) is 5.24. The lowest BCUT2D eigenvalue weighted by Crippen LogP contribution is -2.10. The molecule has 0 spiro atoms. The molecule has 0 saturated heterocycles. The Morgan fingerprint density at radius 1 is 1.50 bits per heavy atom. The molecule has 3 heteroatoms. The molecule has 1 aromatic heterocycles. The number of halogens is 1. The highest BCUT2D eigenvalue weighted by Gasteiger charge is 2.12. The summed E-state index contributed by atoms with van der Waals surface area (Å²) in [5.41, 5.74) is 2.51. The van der Waals surface area contributed by atoms with E-state index in [4.69, 9.17) is 11.6 Å². The maximum Gasteiger partial charge on any atom is 0.0536 e. The normalized spacial score (nSPS) is 13.1. The summed E-state index contributed by atoms with van der Waals surface area (Å²) >= 11 is 5.88. The van der Waals surface area contributed by atoms with E-state index in [-0.39, 0.29) is 0 Å². The van der Waals surface area contributed by atoms with Gasteiger partial charge in [-0.25, -0.2) is 0 Å². The number of aromatic nitrogens is 2. The second kappa shape index (κ2) is 5.40. The number of nitrogens with zero attached hydrogens (tertiary/aromatic N) is 2. The van der Waals surface area contributed by atoms with Crippen LogP contribution in [0.3, 0.4) is 0 Å². The molecule has 0 radical (unpaired) electrons. The van der Waals surface area contributed by atoms with Crippen LogP contribution >= 0.6 is 11.6 Å². The predicted octanol–water partition coefficient (Wildman–Crippen LogP) is 3.55. The van der Waals surface area contributed by atoms with Crippen LogP contribution in [0.25, 0.3) is 0 Å². The second-order valence-electron chi connectivity index (χ2n) is 3.70. The lowest BCUT2D eigenvalue weighted by atomic mass is 10.1. The maximum absolute atomic E-state index is 5.88. The lowest BCUT2D eigenvalue weighted by molar-refractivity contribution is 0.458. The molecule has 0 aliphatic rings. The van der Waals surface area contributed by atoms with Crippen molar-refractivity contribution in [3.8, 4) is 0 Å². The lowest BCUT2D eigenvalue weighted by Gasteiger charge is -2.14. The fourth-order valence-corrected chi connectivity index (χ4v) is 1.82. The van der Waals surface area contributed by atoms with Crippen LogP contribution in [-0.4, -0.2) is 9.78 Å². The van der Waals surface area contributed by atoms with Crippen molar-refractivity contribution in [2.75, 3.05) is 0 Å². The molecule has 1 unspecified atom stereocenters. The van der Waals surface area contributed by atoms with E-state index < -0.39 is 0 Å². The summed E-state index contributed by atoms with van der Waals surface area (Å²) in [5, 5.41) is 4.41. The van der Waals surface area contributed by atoms with Crippen LogP contribution < -0.4 is 0 Å². The summed E-state index contributed by atoms with van der Waals surface area (Å²) in [6.45, 7) is 6.57. The van der Waals surface area contributed by atoms with Gasteiger partial charge in [0.2, 0.25) is 0 Å². The van der Waals surface area contributed by atoms with Crippen molar-refractivity contribution < 1.29 is 0 Å². The van der Waals surface area contributed by atoms with Gasteiger partial charge in [0.15, 0.2) is 0 Å². The summed E-state index contributed by atoms with van der Waals surface area (Å²) in [4.78, 5) is 0. The Balaban J connectivity index is 2.97. The van der Waals surface area contributed by atoms with Gasteiger partial charge < -0.3 is 0 Å². The molecule has 0 fully saturated rings. The average Bonchev–Trinajstić information content (AvgIpc) is 2.60. The van der Waals surface area contributed by atoms with Gasteiger partial charge in [0.25, 0.3) is 0 Å². The minimum absolute atomic E-state index is 0.480. The molecule has 0 aromatic carbocycles. The van der Waals surface area contributed by atoms with E-state index in [0.717, 1.165) is 19.3 Å². The van der Waals surface area contributed by atoms with E-state index in [1.165, 1.54) is 11.3 Å². The fraction of sp³-hybridized carbons (Fsp3) is 0.727. The first-order chi connectivity index (χ1) is 6.74. The van der Waals surface area contributed by atoms with Crippen LogP contribution in [-0.2, 0) is 12.3 Å². The summed E-state index contributed by atoms with van der Waals surface area (Å²) < 4.78 is 2.13. The predicted molar refractivity (Wildman–Crippen MR) is 60.8 cm³/mol. The largest absolute Gasteiger partial charge is 0.267 e. The molecule has 1 atom stereocenters. The Morgan fingerprint density at radius 3 is 2.71 bits per heavy atom. The van der Waals surface area contributed by atoms with Crippen LogP contribution in [0.2, 0.25) is 0 Å². The highest BCUT2D eigenvalue weighted by Crippen LogP contribution is 2.19. The molecule has 14 heavy (non-hydrogen) atoms. The van der Waals surface area contributed by atoms with Crippen molar-refractivity contribution in [1.82, 2.24) is 9.78 Å². The van der Waals surface area contributed by atoms with Gasteiger partial charge in [0, 0.05) is 17.3 Å². The van der Waals surface area contributed by atoms with Crippen molar-refractivity contribution in [3.05, 3.63) is 17.5 Å². The van der Waals surface area contributed by atoms with Crippen LogP contribution in [0.15, 0.2) is 6.20 Å². The summed E-state index contributed by atoms with van der Waals surface area (Å²) in [7, 11) is 0. The first-order valence-corrected chi connectivity index (χ1v) is 5.89. The monoisotopic (exact) mass is 214 g/mol. The summed E-state index contributed by atoms with van der Waals surface area (Å²) in [5.74, 6) is 0.575. The minimum atomic E-state index is 0.480. The molecular formula is C11H19ClN2. The molecule has 0 amide bonds. The SMILES string of the molecule is CCCc1c(CCl)cnn1C(C)CC. The van der Waals surface area contributed by atoms with Crippen molar-refractivity contribution in [2.24, 2.45) is 0 Å². The van der Waals surface area contributed by atoms with Crippen molar-refractivity contribution in [1.29, 1.82) is 0 Å². The number of hydrogen-bond acceptors (Lipinski definition) is 1. The third-order valence-corrected chi connectivity index (χ3v) is 2.91. The van der Waals surface area contributed by atoms with Gasteiger partial charge in [0.05, 0.1) is 12.1 Å². The highest BCUT2D eigenvalue weighted by molar-refractivity contribution is 6.17. The molecular weight excluding hydrogens is 196 g/mol. The first kappa shape index (κ1) is 11.6. The van der Waals surface area contributed by atoms with Gasteiger partial charge in [-0.1, -0.05) is 20.3 Å². The van der Waals surface area contributed by atoms with Crippen LogP contribution in [0.5, 0.6) is 0 Å². The smallest absolute Gasteiger partial charge is 0.0536 e. The van der Waals surface area contributed by atoms with Gasteiger partial charge in [-0.3, -0.25) is 4.68 Å². The van der Waals surface area contributed by atoms with E-state index in [1.807, 2.05) is 6.20 Å². The zero-order chi connectivity index (χ0) is 10.6. The van der Waals surface area contributed by atoms with E-state index in [9.17, 15) is 0 Å². The zero-order valence-corrected chi connectivity index (χ0v) is 10.0. The molecule has 0 bridgehead atoms. The Hall–Kier alpha value is -0.500. The van der Waals surface area contributed by atoms with Gasteiger partial charge in [-0.15, -0.1) is 11.6 Å². The molecule has 0 aliphatic heterocycles. The van der Waals surface area contributed by atoms with Crippen molar-refractivity contribution in [3.63, 3.8) is 0 Å². The molecule has 0 aliphatic carbocycles. The third kappa shape index (κ3) is 2.30. The molecule has 1 heterocycles. The molecule has 0 saturated carbocycles. The molecule has 2 nitrogen and oxygen atoms in total. The van der Waals surface area contributed by atoms with Crippen LogP contribution in [0, 0.1) is 0 Å². The zero-order valence-electron chi connectivity index (χ0n) is 9.26. The van der Waals surface area contributed by atoms with Gasteiger partial charge in [-0.05, 0) is 19.8 Å². The molecule has 1 rings (SSSR count). The average molecular weight is 215 g/mol. The number of alkyl halides is 1. The molecule has 0 N–H and O–H groups in total. The standard InChI is InChI=1S/C11H19ClN2/c1-4-6-11-10(7-12)8-13-14(11)9(3)5-2/h8-9H,4-7H2,1-3H3. The number of hydrogen-bond donors (Lipinski definition) is 0. The Bertz CT molecular complexity index is 281. The topological polar surface area (TPSA) is 17.8 Å². The summed E-state index contributed by atoms with van der Waals surface area (Å²) in [6, 6.07) is 0.480. The molecule has 1 aromatic rings. The third-order valence-electron chi connectivity index (χ3n) is 2.62. The van der Waals surface area contributed by atoms with Gasteiger partial charge in [0.1, 0.15) is 0 Å². The Labute approximate surface area is 91.3 Å². The van der Waals surface area contributed by atoms with E-state index >= 15 is 0 Å². The fourth-order valence-electron chi connectivity index (χ4n) is 1.60.